The van der Waals surface area contributed by atoms with Gasteiger partial charge in [0.1, 0.15) is 0 Å². The number of fused-ring (bicyclic) bond motifs is 5. The molecule has 0 spiro atoms. The van der Waals surface area contributed by atoms with Crippen LogP contribution < -0.4 is 0 Å². The second-order valence-electron chi connectivity index (χ2n) is 12.3. The Balaban J connectivity index is 1.54. The van der Waals surface area contributed by atoms with E-state index in [1.165, 1.54) is 38.5 Å². The SMILES string of the molecule is C/C(=C\CCC(C)C)[C@H]1CC[C@H]2[C@@H]3C[C@H](O)[C@H]4C[C@@H](O)CC[C@]4(C)[C@H]3CC[C@]12C. The van der Waals surface area contributed by atoms with Crippen LogP contribution in [0.1, 0.15) is 98.8 Å². The highest BCUT2D eigenvalue weighted by Crippen LogP contribution is 2.68. The molecule has 0 amide bonds. The Hall–Kier alpha value is -0.340. The van der Waals surface area contributed by atoms with Gasteiger partial charge in [-0.15, -0.1) is 0 Å². The van der Waals surface area contributed by atoms with Crippen molar-refractivity contribution in [1.82, 2.24) is 0 Å². The normalized spacial score (nSPS) is 50.2. The quantitative estimate of drug-likeness (QED) is 0.537. The van der Waals surface area contributed by atoms with Crippen molar-refractivity contribution in [2.45, 2.75) is 111 Å². The van der Waals surface area contributed by atoms with Gasteiger partial charge < -0.3 is 10.2 Å². The number of aliphatic hydroxyl groups excluding tert-OH is 2. The molecule has 0 aromatic rings. The Morgan fingerprint density at radius 2 is 1.62 bits per heavy atom. The third-order valence-corrected chi connectivity index (χ3v) is 10.4. The molecular weight excluding hydrogens is 356 g/mol. The molecule has 4 aliphatic rings. The molecule has 29 heavy (non-hydrogen) atoms. The highest BCUT2D eigenvalue weighted by atomic mass is 16.3. The summed E-state index contributed by atoms with van der Waals surface area (Å²) in [6.07, 6.45) is 13.9. The zero-order valence-electron chi connectivity index (χ0n) is 19.7. The first-order chi connectivity index (χ1) is 13.7. The lowest BCUT2D eigenvalue weighted by atomic mass is 9.44. The lowest BCUT2D eigenvalue weighted by molar-refractivity contribution is -0.169. The molecule has 0 heterocycles. The second-order valence-corrected chi connectivity index (χ2v) is 12.3. The molecule has 4 saturated carbocycles. The van der Waals surface area contributed by atoms with Gasteiger partial charge in [0, 0.05) is 0 Å². The smallest absolute Gasteiger partial charge is 0.0577 e. The maximum absolute atomic E-state index is 11.2. The molecule has 2 heteroatoms. The molecule has 0 unspecified atom stereocenters. The molecular formula is C27H46O2. The van der Waals surface area contributed by atoms with Crippen LogP contribution in [0.3, 0.4) is 0 Å². The van der Waals surface area contributed by atoms with Crippen LogP contribution in [0.5, 0.6) is 0 Å². The maximum atomic E-state index is 11.2. The van der Waals surface area contributed by atoms with Gasteiger partial charge in [-0.05, 0) is 117 Å². The molecule has 166 valence electrons. The van der Waals surface area contributed by atoms with Crippen molar-refractivity contribution < 1.29 is 10.2 Å². The van der Waals surface area contributed by atoms with Gasteiger partial charge in [-0.2, -0.15) is 0 Å². The average Bonchev–Trinajstić information content (AvgIpc) is 3.00. The van der Waals surface area contributed by atoms with Gasteiger partial charge >= 0.3 is 0 Å². The van der Waals surface area contributed by atoms with Crippen LogP contribution in [0, 0.1) is 46.3 Å². The summed E-state index contributed by atoms with van der Waals surface area (Å²) < 4.78 is 0. The molecule has 0 aliphatic heterocycles. The molecule has 0 radical (unpaired) electrons. The lowest BCUT2D eigenvalue weighted by Gasteiger charge is -2.62. The maximum Gasteiger partial charge on any atom is 0.0577 e. The van der Waals surface area contributed by atoms with Crippen molar-refractivity contribution in [1.29, 1.82) is 0 Å². The fourth-order valence-corrected chi connectivity index (χ4v) is 8.81. The number of hydrogen-bond acceptors (Lipinski definition) is 2. The lowest BCUT2D eigenvalue weighted by Crippen LogP contribution is -2.58. The van der Waals surface area contributed by atoms with Crippen molar-refractivity contribution in [3.05, 3.63) is 11.6 Å². The van der Waals surface area contributed by atoms with Crippen LogP contribution >= 0.6 is 0 Å². The predicted octanol–water partition coefficient (Wildman–Crippen LogP) is 6.36. The van der Waals surface area contributed by atoms with E-state index in [4.69, 9.17) is 0 Å². The van der Waals surface area contributed by atoms with Gasteiger partial charge in [0.15, 0.2) is 0 Å². The summed E-state index contributed by atoms with van der Waals surface area (Å²) in [6, 6.07) is 0. The first kappa shape index (κ1) is 21.9. The van der Waals surface area contributed by atoms with Crippen LogP contribution in [0.4, 0.5) is 0 Å². The van der Waals surface area contributed by atoms with Gasteiger partial charge in [-0.1, -0.05) is 39.3 Å². The second kappa shape index (κ2) is 7.97. The van der Waals surface area contributed by atoms with E-state index in [2.05, 4.69) is 40.7 Å². The highest BCUT2D eigenvalue weighted by molar-refractivity contribution is 5.17. The van der Waals surface area contributed by atoms with Gasteiger partial charge in [-0.3, -0.25) is 0 Å². The molecule has 4 fully saturated rings. The molecule has 2 nitrogen and oxygen atoms in total. The number of hydrogen-bond donors (Lipinski definition) is 2. The first-order valence-electron chi connectivity index (χ1n) is 12.7. The minimum atomic E-state index is -0.208. The van der Waals surface area contributed by atoms with E-state index in [9.17, 15) is 10.2 Å². The standard InChI is InChI=1S/C27H46O2/c1-17(2)7-6-8-18(3)21-9-10-22-20-16-25(29)24-15-19(28)11-13-27(24,5)23(20)12-14-26(21,22)4/h8,17,19-25,28-29H,6-7,9-16H2,1-5H3/b18-8+/t19-,20-,21+,22-,23-,24+,25-,26+,27+/m0/s1. The van der Waals surface area contributed by atoms with E-state index in [0.29, 0.717) is 17.3 Å². The van der Waals surface area contributed by atoms with Gasteiger partial charge in [0.2, 0.25) is 0 Å². The molecule has 9 atom stereocenters. The Labute approximate surface area is 179 Å². The van der Waals surface area contributed by atoms with Gasteiger partial charge in [-0.25, -0.2) is 0 Å². The largest absolute Gasteiger partial charge is 0.393 e. The molecule has 0 aromatic carbocycles. The van der Waals surface area contributed by atoms with Crippen molar-refractivity contribution in [3.63, 3.8) is 0 Å². The zero-order chi connectivity index (χ0) is 21.0. The zero-order valence-corrected chi connectivity index (χ0v) is 19.7. The van der Waals surface area contributed by atoms with E-state index < -0.39 is 0 Å². The Bertz CT molecular complexity index is 624. The molecule has 0 saturated heterocycles. The summed E-state index contributed by atoms with van der Waals surface area (Å²) in [5, 5.41) is 21.4. The van der Waals surface area contributed by atoms with Crippen LogP contribution in [0.15, 0.2) is 11.6 Å². The Kier molecular flexibility index (Phi) is 6.01. The minimum Gasteiger partial charge on any atom is -0.393 e. The summed E-state index contributed by atoms with van der Waals surface area (Å²) in [5.74, 6) is 4.06. The fourth-order valence-electron chi connectivity index (χ4n) is 8.81. The number of allylic oxidation sites excluding steroid dienone is 2. The van der Waals surface area contributed by atoms with E-state index in [1.54, 1.807) is 5.57 Å². The van der Waals surface area contributed by atoms with Crippen LogP contribution in [0.25, 0.3) is 0 Å². The van der Waals surface area contributed by atoms with Crippen molar-refractivity contribution in [2.24, 2.45) is 46.3 Å². The van der Waals surface area contributed by atoms with Gasteiger partial charge in [0.05, 0.1) is 12.2 Å². The molecule has 4 aliphatic carbocycles. The summed E-state index contributed by atoms with van der Waals surface area (Å²) >= 11 is 0. The number of rotatable bonds is 4. The van der Waals surface area contributed by atoms with E-state index in [-0.39, 0.29) is 17.6 Å². The average molecular weight is 403 g/mol. The summed E-state index contributed by atoms with van der Waals surface area (Å²) in [7, 11) is 0. The fraction of sp³-hybridized carbons (Fsp3) is 0.926. The monoisotopic (exact) mass is 402 g/mol. The molecule has 4 rings (SSSR count). The topological polar surface area (TPSA) is 40.5 Å². The molecule has 2 N–H and O–H groups in total. The van der Waals surface area contributed by atoms with Crippen molar-refractivity contribution >= 4 is 0 Å². The summed E-state index contributed by atoms with van der Waals surface area (Å²) in [5.41, 5.74) is 2.31. The van der Waals surface area contributed by atoms with Crippen molar-refractivity contribution in [2.75, 3.05) is 0 Å². The van der Waals surface area contributed by atoms with Crippen molar-refractivity contribution in [3.8, 4) is 0 Å². The molecule has 0 bridgehead atoms. The highest BCUT2D eigenvalue weighted by Gasteiger charge is 2.62. The van der Waals surface area contributed by atoms with Crippen LogP contribution in [-0.2, 0) is 0 Å². The third kappa shape index (κ3) is 3.65. The van der Waals surface area contributed by atoms with Crippen LogP contribution in [0.2, 0.25) is 0 Å². The summed E-state index contributed by atoms with van der Waals surface area (Å²) in [4.78, 5) is 0. The van der Waals surface area contributed by atoms with Gasteiger partial charge in [0.25, 0.3) is 0 Å². The Morgan fingerprint density at radius 3 is 2.34 bits per heavy atom. The van der Waals surface area contributed by atoms with Crippen LogP contribution in [-0.4, -0.2) is 22.4 Å². The predicted molar refractivity (Wildman–Crippen MR) is 120 cm³/mol. The third-order valence-electron chi connectivity index (χ3n) is 10.4. The minimum absolute atomic E-state index is 0.192. The number of aliphatic hydroxyl groups is 2. The first-order valence-corrected chi connectivity index (χ1v) is 12.7. The molecule has 0 aromatic heterocycles. The summed E-state index contributed by atoms with van der Waals surface area (Å²) in [6.45, 7) is 12.1. The van der Waals surface area contributed by atoms with E-state index >= 15 is 0 Å². The van der Waals surface area contributed by atoms with E-state index in [0.717, 1.165) is 49.4 Å². The van der Waals surface area contributed by atoms with E-state index in [1.807, 2.05) is 0 Å². The Morgan fingerprint density at radius 1 is 0.931 bits per heavy atom.